The molecule has 2 aliphatic rings. The minimum atomic E-state index is -1.65. The monoisotopic (exact) mass is 484 g/mol. The van der Waals surface area contributed by atoms with Crippen LogP contribution in [0, 0.1) is 23.2 Å². The van der Waals surface area contributed by atoms with Gasteiger partial charge in [0.2, 0.25) is 0 Å². The summed E-state index contributed by atoms with van der Waals surface area (Å²) >= 11 is 0. The van der Waals surface area contributed by atoms with Crippen LogP contribution in [-0.4, -0.2) is 43.9 Å². The number of esters is 3. The van der Waals surface area contributed by atoms with Crippen molar-refractivity contribution in [3.63, 3.8) is 0 Å². The minimum absolute atomic E-state index is 0. The van der Waals surface area contributed by atoms with Gasteiger partial charge in [-0.1, -0.05) is 6.92 Å². The van der Waals surface area contributed by atoms with Gasteiger partial charge < -0.3 is 25.7 Å². The predicted molar refractivity (Wildman–Crippen MR) is 121 cm³/mol. The lowest BCUT2D eigenvalue weighted by Gasteiger charge is -2.35. The molecule has 1 unspecified atom stereocenters. The third kappa shape index (κ3) is 8.75. The molecule has 2 aliphatic carbocycles. The van der Waals surface area contributed by atoms with Crippen LogP contribution in [-0.2, 0) is 28.6 Å². The van der Waals surface area contributed by atoms with Crippen molar-refractivity contribution in [1.82, 2.24) is 0 Å². The maximum atomic E-state index is 12.6. The van der Waals surface area contributed by atoms with Crippen LogP contribution in [0.15, 0.2) is 0 Å². The Bertz CT molecular complexity index is 576. The second kappa shape index (κ2) is 14.1. The zero-order valence-electron chi connectivity index (χ0n) is 18.5. The van der Waals surface area contributed by atoms with Gasteiger partial charge in [-0.25, -0.2) is 4.79 Å². The van der Waals surface area contributed by atoms with E-state index in [-0.39, 0.29) is 48.7 Å². The van der Waals surface area contributed by atoms with E-state index in [1.807, 2.05) is 0 Å². The molecule has 0 heterocycles. The Balaban J connectivity index is 0.00000450. The van der Waals surface area contributed by atoms with Crippen molar-refractivity contribution in [1.29, 1.82) is 0 Å². The number of hydrogen-bond acceptors (Lipinski definition) is 8. The van der Waals surface area contributed by atoms with Crippen molar-refractivity contribution in [2.24, 2.45) is 34.6 Å². The van der Waals surface area contributed by atoms with Crippen molar-refractivity contribution in [2.75, 3.05) is 19.7 Å². The van der Waals surface area contributed by atoms with Crippen molar-refractivity contribution >= 4 is 42.7 Å². The fourth-order valence-corrected chi connectivity index (χ4v) is 4.12. The maximum absolute atomic E-state index is 12.6. The van der Waals surface area contributed by atoms with Gasteiger partial charge in [-0.05, 0) is 82.7 Å². The first-order chi connectivity index (χ1) is 13.8. The number of nitrogens with two attached hydrogens (primary N) is 2. The molecule has 10 heteroatoms. The lowest BCUT2D eigenvalue weighted by molar-refractivity contribution is -0.209. The molecule has 0 aromatic heterocycles. The molecule has 0 aliphatic heterocycles. The van der Waals surface area contributed by atoms with Gasteiger partial charge in [-0.2, -0.15) is 0 Å². The number of halogens is 2. The molecule has 2 rings (SSSR count). The normalized spacial score (nSPS) is 28.8. The van der Waals surface area contributed by atoms with E-state index in [1.165, 1.54) is 0 Å². The second-order valence-electron chi connectivity index (χ2n) is 8.70. The van der Waals surface area contributed by atoms with Gasteiger partial charge in [0.05, 0.1) is 18.4 Å². The summed E-state index contributed by atoms with van der Waals surface area (Å²) in [5.74, 6) is -2.12. The van der Waals surface area contributed by atoms with Crippen molar-refractivity contribution in [3.05, 3.63) is 0 Å². The molecule has 8 nitrogen and oxygen atoms in total. The Hall–Kier alpha value is -1.09. The number of carbonyl (C=O) groups is 3. The van der Waals surface area contributed by atoms with Crippen LogP contribution in [0.2, 0.25) is 0 Å². The first kappa shape index (κ1) is 29.9. The van der Waals surface area contributed by atoms with Crippen LogP contribution < -0.4 is 11.5 Å². The molecule has 0 radical (unpaired) electrons. The SMILES string of the molecule is CCOC(=O)C(OC(=O)C1CCC(CN)CC1)OC(=O)C1CCC(C)(CN)CC1.Cl.Cl. The van der Waals surface area contributed by atoms with Crippen molar-refractivity contribution in [3.8, 4) is 0 Å². The van der Waals surface area contributed by atoms with Gasteiger partial charge in [0.1, 0.15) is 0 Å². The third-order valence-corrected chi connectivity index (χ3v) is 6.46. The molecule has 0 bridgehead atoms. The number of ether oxygens (including phenoxy) is 3. The quantitative estimate of drug-likeness (QED) is 0.396. The molecule has 0 aromatic rings. The summed E-state index contributed by atoms with van der Waals surface area (Å²) in [5.41, 5.74) is 11.5. The van der Waals surface area contributed by atoms with E-state index in [4.69, 9.17) is 25.7 Å². The Kier molecular flexibility index (Phi) is 13.6. The Labute approximate surface area is 197 Å². The van der Waals surface area contributed by atoms with Crippen LogP contribution >= 0.6 is 24.8 Å². The lowest BCUT2D eigenvalue weighted by atomic mass is 9.72. The number of hydrogen-bond donors (Lipinski definition) is 2. The Morgan fingerprint density at radius 2 is 1.39 bits per heavy atom. The molecular weight excluding hydrogens is 447 g/mol. The zero-order valence-corrected chi connectivity index (χ0v) is 20.1. The summed E-state index contributed by atoms with van der Waals surface area (Å²) < 4.78 is 15.5. The van der Waals surface area contributed by atoms with Crippen LogP contribution in [0.5, 0.6) is 0 Å². The molecular formula is C21H38Cl2N2O6. The van der Waals surface area contributed by atoms with Crippen molar-refractivity contribution < 1.29 is 28.6 Å². The molecule has 0 spiro atoms. The van der Waals surface area contributed by atoms with E-state index >= 15 is 0 Å². The van der Waals surface area contributed by atoms with Gasteiger partial charge in [0.15, 0.2) is 0 Å². The summed E-state index contributed by atoms with van der Waals surface area (Å²) in [5, 5.41) is 0. The van der Waals surface area contributed by atoms with E-state index in [2.05, 4.69) is 6.92 Å². The molecule has 2 fully saturated rings. The molecule has 0 saturated heterocycles. The lowest BCUT2D eigenvalue weighted by Crippen LogP contribution is -2.40. The molecule has 182 valence electrons. The zero-order chi connectivity index (χ0) is 21.4. The Morgan fingerprint density at radius 3 is 1.81 bits per heavy atom. The van der Waals surface area contributed by atoms with E-state index in [0.717, 1.165) is 25.7 Å². The van der Waals surface area contributed by atoms with Gasteiger partial charge >= 0.3 is 24.2 Å². The van der Waals surface area contributed by atoms with Crippen molar-refractivity contribution in [2.45, 2.75) is 71.5 Å². The van der Waals surface area contributed by atoms with Gasteiger partial charge in [0.25, 0.3) is 0 Å². The van der Waals surface area contributed by atoms with Crippen LogP contribution in [0.1, 0.15) is 65.2 Å². The summed E-state index contributed by atoms with van der Waals surface area (Å²) in [6.07, 6.45) is 4.27. The van der Waals surface area contributed by atoms with E-state index in [0.29, 0.717) is 44.7 Å². The van der Waals surface area contributed by atoms with Gasteiger partial charge in [-0.3, -0.25) is 9.59 Å². The summed E-state index contributed by atoms with van der Waals surface area (Å²) in [6.45, 7) is 5.03. The van der Waals surface area contributed by atoms with Gasteiger partial charge in [0, 0.05) is 0 Å². The fraction of sp³-hybridized carbons (Fsp3) is 0.857. The van der Waals surface area contributed by atoms with Gasteiger partial charge in [-0.15, -0.1) is 24.8 Å². The average molecular weight is 485 g/mol. The topological polar surface area (TPSA) is 131 Å². The number of rotatable bonds is 8. The molecule has 31 heavy (non-hydrogen) atoms. The largest absolute Gasteiger partial charge is 0.460 e. The van der Waals surface area contributed by atoms with E-state index < -0.39 is 24.2 Å². The molecule has 0 amide bonds. The predicted octanol–water partition coefficient (Wildman–Crippen LogP) is 2.73. The minimum Gasteiger partial charge on any atom is -0.460 e. The first-order valence-corrected chi connectivity index (χ1v) is 10.8. The highest BCUT2D eigenvalue weighted by atomic mass is 35.5. The smallest absolute Gasteiger partial charge is 0.389 e. The standard InChI is InChI=1S/C21H36N2O6.2ClH/c1-3-27-19(26)20(28-17(24)15-6-4-14(12-22)5-7-15)29-18(25)16-8-10-21(2,13-23)11-9-16;;/h14-16,20H,3-13,22-23H2,1-2H3;2*1H. The molecule has 2 saturated carbocycles. The Morgan fingerprint density at radius 1 is 0.903 bits per heavy atom. The fourth-order valence-electron chi connectivity index (χ4n) is 4.12. The summed E-state index contributed by atoms with van der Waals surface area (Å²) in [6, 6.07) is 0. The molecule has 0 aromatic carbocycles. The third-order valence-electron chi connectivity index (χ3n) is 6.46. The van der Waals surface area contributed by atoms with Crippen LogP contribution in [0.4, 0.5) is 0 Å². The second-order valence-corrected chi connectivity index (χ2v) is 8.70. The van der Waals surface area contributed by atoms with E-state index in [9.17, 15) is 14.4 Å². The highest BCUT2D eigenvalue weighted by molar-refractivity contribution is 5.85. The summed E-state index contributed by atoms with van der Waals surface area (Å²) in [4.78, 5) is 37.3. The average Bonchev–Trinajstić information content (AvgIpc) is 2.73. The molecule has 4 N–H and O–H groups in total. The first-order valence-electron chi connectivity index (χ1n) is 10.8. The maximum Gasteiger partial charge on any atom is 0.389 e. The number of carbonyl (C=O) groups excluding carboxylic acids is 3. The van der Waals surface area contributed by atoms with Crippen LogP contribution in [0.25, 0.3) is 0 Å². The van der Waals surface area contributed by atoms with E-state index in [1.54, 1.807) is 6.92 Å². The summed E-state index contributed by atoms with van der Waals surface area (Å²) in [7, 11) is 0. The van der Waals surface area contributed by atoms with Crippen LogP contribution in [0.3, 0.4) is 0 Å². The molecule has 1 atom stereocenters. The highest BCUT2D eigenvalue weighted by Crippen LogP contribution is 2.38. The highest BCUT2D eigenvalue weighted by Gasteiger charge is 2.38.